The summed E-state index contributed by atoms with van der Waals surface area (Å²) in [4.78, 5) is 38.9. The van der Waals surface area contributed by atoms with E-state index in [-0.39, 0.29) is 31.4 Å². The topological polar surface area (TPSA) is 89.9 Å². The van der Waals surface area contributed by atoms with E-state index < -0.39 is 80.9 Å². The summed E-state index contributed by atoms with van der Waals surface area (Å²) in [5, 5.41) is 10.8. The number of aliphatic hydroxyl groups excluding tert-OH is 1. The maximum atomic E-state index is 17.4. The van der Waals surface area contributed by atoms with Crippen molar-refractivity contribution in [1.82, 2.24) is 0 Å². The molecule has 3 saturated carbocycles. The summed E-state index contributed by atoms with van der Waals surface area (Å²) >= 11 is 0.397. The van der Waals surface area contributed by atoms with E-state index in [0.717, 1.165) is 6.08 Å². The van der Waals surface area contributed by atoms with Gasteiger partial charge in [0.05, 0.1) is 18.6 Å². The van der Waals surface area contributed by atoms with E-state index in [1.165, 1.54) is 19.1 Å². The number of carbonyl (C=O) groups excluding carboxylic acids is 3. The number of alkyl halides is 3. The van der Waals surface area contributed by atoms with Gasteiger partial charge in [0.25, 0.3) is 0 Å². The number of halogens is 3. The highest BCUT2D eigenvalue weighted by molar-refractivity contribution is 8.13. The number of aliphatic hydroxyl groups is 1. The van der Waals surface area contributed by atoms with Crippen LogP contribution in [0.25, 0.3) is 0 Å². The van der Waals surface area contributed by atoms with Crippen LogP contribution in [0.1, 0.15) is 46.5 Å². The minimum atomic E-state index is -2.32. The maximum absolute atomic E-state index is 17.4. The molecule has 5 rings (SSSR count). The highest BCUT2D eigenvalue weighted by atomic mass is 32.2. The molecule has 5 aliphatic rings. The molecule has 10 atom stereocenters. The van der Waals surface area contributed by atoms with Crippen molar-refractivity contribution >= 4 is 28.6 Å². The van der Waals surface area contributed by atoms with Crippen molar-refractivity contribution in [3.8, 4) is 0 Å². The van der Waals surface area contributed by atoms with Crippen LogP contribution in [0.4, 0.5) is 13.2 Å². The minimum absolute atomic E-state index is 0.00966. The SMILES string of the molecule is C[C@@H]1C[C@H]2[C@@H]3C[C@H](F)C4=CC(=O)C=C[C@]4(C)C3(F)[C@@H](O)C[C@]2(C)[C@@]1(OC(=O)C1CCOC1)C(=O)SCF. The Hall–Kier alpha value is -1.65. The number of allylic oxidation sites excluding steroid dienone is 4. The smallest absolute Gasteiger partial charge is 0.312 e. The van der Waals surface area contributed by atoms with E-state index in [9.17, 15) is 23.9 Å². The quantitative estimate of drug-likeness (QED) is 0.536. The van der Waals surface area contributed by atoms with Gasteiger partial charge >= 0.3 is 5.97 Å². The van der Waals surface area contributed by atoms with Crippen molar-refractivity contribution in [2.75, 3.05) is 19.2 Å². The Kier molecular flexibility index (Phi) is 6.51. The molecule has 1 saturated heterocycles. The minimum Gasteiger partial charge on any atom is -0.449 e. The van der Waals surface area contributed by atoms with Gasteiger partial charge in [-0.05, 0) is 68.0 Å². The van der Waals surface area contributed by atoms with Crippen LogP contribution < -0.4 is 0 Å². The first-order valence-corrected chi connectivity index (χ1v) is 13.9. The molecule has 2 unspecified atom stereocenters. The molecule has 0 bridgehead atoms. The second kappa shape index (κ2) is 8.95. The van der Waals surface area contributed by atoms with Crippen LogP contribution in [0.5, 0.6) is 0 Å². The standard InChI is InChI=1S/C27H33F3O6S/c1-14-8-17-18-10-20(29)19-9-16(31)4-6-24(19,2)26(18,30)21(32)11-25(17,3)27(14,23(34)37-13-28)36-22(33)15-5-7-35-12-15/h4,6,9,14-15,17-18,20-21,32H,5,7-8,10-13H2,1-3H3/t14-,15?,17+,18+,20+,21+,24+,25+,26?,27+/m1/s1. The van der Waals surface area contributed by atoms with Gasteiger partial charge in [-0.3, -0.25) is 14.4 Å². The van der Waals surface area contributed by atoms with Gasteiger partial charge in [-0.25, -0.2) is 13.2 Å². The number of esters is 1. The largest absolute Gasteiger partial charge is 0.449 e. The Bertz CT molecular complexity index is 1070. The van der Waals surface area contributed by atoms with E-state index in [1.54, 1.807) is 13.8 Å². The van der Waals surface area contributed by atoms with Gasteiger partial charge in [-0.15, -0.1) is 0 Å². The van der Waals surface area contributed by atoms with Crippen molar-refractivity contribution in [2.24, 2.45) is 34.5 Å². The van der Waals surface area contributed by atoms with Gasteiger partial charge in [0, 0.05) is 29.3 Å². The Morgan fingerprint density at radius 3 is 2.65 bits per heavy atom. The molecule has 10 heteroatoms. The Balaban J connectivity index is 1.61. The first-order chi connectivity index (χ1) is 17.4. The average Bonchev–Trinajstić information content (AvgIpc) is 3.45. The highest BCUT2D eigenvalue weighted by Crippen LogP contribution is 2.72. The van der Waals surface area contributed by atoms with E-state index in [2.05, 4.69) is 0 Å². The molecule has 204 valence electrons. The summed E-state index contributed by atoms with van der Waals surface area (Å²) in [7, 11) is 0. The molecule has 0 aromatic rings. The summed E-state index contributed by atoms with van der Waals surface area (Å²) in [5.41, 5.74) is -6.97. The lowest BCUT2D eigenvalue weighted by molar-refractivity contribution is -0.230. The normalized spacial score (nSPS) is 48.6. The van der Waals surface area contributed by atoms with Crippen LogP contribution in [-0.4, -0.2) is 64.7 Å². The Morgan fingerprint density at radius 1 is 1.27 bits per heavy atom. The van der Waals surface area contributed by atoms with Gasteiger partial charge in [0.1, 0.15) is 12.2 Å². The molecule has 0 aromatic heterocycles. The number of ether oxygens (including phenoxy) is 2. The Morgan fingerprint density at radius 2 is 2.00 bits per heavy atom. The summed E-state index contributed by atoms with van der Waals surface area (Å²) in [6.07, 6.45) is 0.529. The van der Waals surface area contributed by atoms with Crippen molar-refractivity contribution in [3.05, 3.63) is 23.8 Å². The van der Waals surface area contributed by atoms with Crippen LogP contribution >= 0.6 is 11.8 Å². The second-order valence-corrected chi connectivity index (χ2v) is 12.6. The number of rotatable bonds is 4. The molecule has 0 amide bonds. The molecular weight excluding hydrogens is 509 g/mol. The van der Waals surface area contributed by atoms with Crippen LogP contribution in [-0.2, 0) is 23.9 Å². The summed E-state index contributed by atoms with van der Waals surface area (Å²) in [6.45, 7) is 5.42. The van der Waals surface area contributed by atoms with Crippen LogP contribution in [0.2, 0.25) is 0 Å². The zero-order chi connectivity index (χ0) is 27.0. The van der Waals surface area contributed by atoms with Crippen LogP contribution in [0.15, 0.2) is 23.8 Å². The molecule has 0 spiro atoms. The second-order valence-electron chi connectivity index (χ2n) is 11.8. The molecule has 1 heterocycles. The zero-order valence-electron chi connectivity index (χ0n) is 21.2. The van der Waals surface area contributed by atoms with Gasteiger partial charge in [0.15, 0.2) is 17.1 Å². The van der Waals surface area contributed by atoms with Gasteiger partial charge < -0.3 is 14.6 Å². The van der Waals surface area contributed by atoms with Crippen LogP contribution in [0.3, 0.4) is 0 Å². The first kappa shape index (κ1) is 26.9. The van der Waals surface area contributed by atoms with Gasteiger partial charge in [0.2, 0.25) is 5.12 Å². The predicted molar refractivity (Wildman–Crippen MR) is 130 cm³/mol. The molecule has 1 aliphatic heterocycles. The molecule has 4 fully saturated rings. The first-order valence-electron chi connectivity index (χ1n) is 12.9. The fourth-order valence-corrected chi connectivity index (χ4v) is 9.13. The lowest BCUT2D eigenvalue weighted by Gasteiger charge is -2.63. The third kappa shape index (κ3) is 3.43. The van der Waals surface area contributed by atoms with Gasteiger partial charge in [-0.2, -0.15) is 0 Å². The lowest BCUT2D eigenvalue weighted by Crippen LogP contribution is -2.70. The van der Waals surface area contributed by atoms with E-state index in [4.69, 9.17) is 9.47 Å². The number of hydrogen-bond acceptors (Lipinski definition) is 7. The third-order valence-electron chi connectivity index (χ3n) is 10.2. The summed E-state index contributed by atoms with van der Waals surface area (Å²) < 4.78 is 57.9. The predicted octanol–water partition coefficient (Wildman–Crippen LogP) is 4.06. The van der Waals surface area contributed by atoms with E-state index >= 15 is 8.78 Å². The monoisotopic (exact) mass is 542 g/mol. The van der Waals surface area contributed by atoms with Gasteiger partial charge in [-0.1, -0.05) is 19.9 Å². The fourth-order valence-electron chi connectivity index (χ4n) is 8.34. The van der Waals surface area contributed by atoms with E-state index in [0.29, 0.717) is 24.8 Å². The van der Waals surface area contributed by atoms with Crippen molar-refractivity contribution in [3.63, 3.8) is 0 Å². The lowest BCUT2D eigenvalue weighted by atomic mass is 9.44. The third-order valence-corrected chi connectivity index (χ3v) is 10.9. The van der Waals surface area contributed by atoms with E-state index in [1.807, 2.05) is 0 Å². The van der Waals surface area contributed by atoms with Crippen LogP contribution in [0, 0.1) is 34.5 Å². The summed E-state index contributed by atoms with van der Waals surface area (Å²) in [5.74, 6) is -3.94. The molecule has 6 nitrogen and oxygen atoms in total. The molecular formula is C27H33F3O6S. The average molecular weight is 543 g/mol. The highest BCUT2D eigenvalue weighted by Gasteiger charge is 2.78. The van der Waals surface area contributed by atoms with Crippen molar-refractivity contribution in [2.45, 2.75) is 70.0 Å². The van der Waals surface area contributed by atoms with Crippen molar-refractivity contribution in [1.29, 1.82) is 0 Å². The fraction of sp³-hybridized carbons (Fsp3) is 0.741. The number of ketones is 1. The molecule has 0 aromatic carbocycles. The Labute approximate surface area is 218 Å². The number of hydrogen-bond donors (Lipinski definition) is 1. The zero-order valence-corrected chi connectivity index (χ0v) is 22.0. The maximum Gasteiger partial charge on any atom is 0.312 e. The number of fused-ring (bicyclic) bond motifs is 5. The number of thioether (sulfide) groups is 1. The van der Waals surface area contributed by atoms with Crippen molar-refractivity contribution < 1.29 is 42.1 Å². The molecule has 4 aliphatic carbocycles. The summed E-state index contributed by atoms with van der Waals surface area (Å²) in [6, 6.07) is -1.03. The molecule has 37 heavy (non-hydrogen) atoms. The number of carbonyl (C=O) groups is 3. The molecule has 0 radical (unpaired) electrons. The molecule has 1 N–H and O–H groups in total.